The fraction of sp³-hybridized carbons (Fsp3) is 0.222. The molecular formula is C27H27ClN4OS. The molecule has 1 aromatic heterocycles. The summed E-state index contributed by atoms with van der Waals surface area (Å²) in [4.78, 5) is 12.7. The Morgan fingerprint density at radius 3 is 2.47 bits per heavy atom. The summed E-state index contributed by atoms with van der Waals surface area (Å²) < 4.78 is 1.96. The number of carbonyl (C=O) groups is 1. The number of hydrogen-bond donors (Lipinski definition) is 1. The van der Waals surface area contributed by atoms with E-state index in [9.17, 15) is 4.79 Å². The second kappa shape index (κ2) is 10.9. The van der Waals surface area contributed by atoms with Crippen molar-refractivity contribution in [1.82, 2.24) is 14.8 Å². The summed E-state index contributed by atoms with van der Waals surface area (Å²) in [6, 6.07) is 23.7. The summed E-state index contributed by atoms with van der Waals surface area (Å²) in [5.74, 6) is 1.30. The maximum absolute atomic E-state index is 12.7. The summed E-state index contributed by atoms with van der Waals surface area (Å²) in [5, 5.41) is 13.1. The monoisotopic (exact) mass is 490 g/mol. The lowest BCUT2D eigenvalue weighted by molar-refractivity contribution is -0.113. The van der Waals surface area contributed by atoms with Gasteiger partial charge in [0.1, 0.15) is 0 Å². The summed E-state index contributed by atoms with van der Waals surface area (Å²) in [5.41, 5.74) is 5.01. The van der Waals surface area contributed by atoms with Crippen molar-refractivity contribution in [3.63, 3.8) is 0 Å². The van der Waals surface area contributed by atoms with Gasteiger partial charge in [0.2, 0.25) is 5.91 Å². The van der Waals surface area contributed by atoms with Gasteiger partial charge in [-0.2, -0.15) is 0 Å². The maximum atomic E-state index is 12.7. The van der Waals surface area contributed by atoms with Crippen molar-refractivity contribution in [2.45, 2.75) is 38.3 Å². The second-order valence-corrected chi connectivity index (χ2v) is 9.63. The van der Waals surface area contributed by atoms with Crippen LogP contribution in [0.25, 0.3) is 17.1 Å². The minimum atomic E-state index is -0.0935. The molecule has 0 aliphatic carbocycles. The minimum absolute atomic E-state index is 0.0935. The Balaban J connectivity index is 1.53. The van der Waals surface area contributed by atoms with E-state index in [2.05, 4.69) is 41.5 Å². The first-order valence-corrected chi connectivity index (χ1v) is 12.6. The number of hydrogen-bond acceptors (Lipinski definition) is 4. The van der Waals surface area contributed by atoms with Crippen LogP contribution in [0.1, 0.15) is 37.3 Å². The number of carbonyl (C=O) groups excluding carboxylic acids is 1. The van der Waals surface area contributed by atoms with Crippen LogP contribution in [0.15, 0.2) is 78.0 Å². The molecule has 7 heteroatoms. The second-order valence-electron chi connectivity index (χ2n) is 8.26. The molecule has 1 atom stereocenters. The quantitative estimate of drug-likeness (QED) is 0.266. The first-order chi connectivity index (χ1) is 16.4. The first kappa shape index (κ1) is 24.0. The van der Waals surface area contributed by atoms with Gasteiger partial charge in [0.25, 0.3) is 0 Å². The standard InChI is InChI=1S/C27H27ClN4OS/c1-4-19(3)20-10-12-23(13-11-20)29-25(33)17-34-27-31-30-26(21-6-5-7-22(28)16-21)32(27)24-14-8-18(2)9-15-24/h5-16,19H,4,17H2,1-3H3,(H,29,33)/t19-/m1/s1. The van der Waals surface area contributed by atoms with Crippen molar-refractivity contribution >= 4 is 35.0 Å². The van der Waals surface area contributed by atoms with Gasteiger partial charge in [-0.1, -0.05) is 79.2 Å². The normalized spacial score (nSPS) is 11.9. The van der Waals surface area contributed by atoms with E-state index in [1.807, 2.05) is 72.2 Å². The summed E-state index contributed by atoms with van der Waals surface area (Å²) in [6.07, 6.45) is 1.08. The van der Waals surface area contributed by atoms with E-state index in [-0.39, 0.29) is 11.7 Å². The molecule has 0 aliphatic heterocycles. The molecule has 4 aromatic rings. The van der Waals surface area contributed by atoms with Crippen molar-refractivity contribution in [2.24, 2.45) is 0 Å². The fourth-order valence-corrected chi connectivity index (χ4v) is 4.50. The van der Waals surface area contributed by atoms with Crippen LogP contribution in [0, 0.1) is 6.92 Å². The number of aromatic nitrogens is 3. The van der Waals surface area contributed by atoms with Gasteiger partial charge in [0.15, 0.2) is 11.0 Å². The molecule has 0 bridgehead atoms. The van der Waals surface area contributed by atoms with Crippen LogP contribution in [0.2, 0.25) is 5.02 Å². The van der Waals surface area contributed by atoms with Crippen molar-refractivity contribution in [3.8, 4) is 17.1 Å². The molecule has 0 saturated carbocycles. The van der Waals surface area contributed by atoms with E-state index in [0.717, 1.165) is 28.9 Å². The molecule has 3 aromatic carbocycles. The molecule has 0 saturated heterocycles. The zero-order valence-electron chi connectivity index (χ0n) is 19.5. The highest BCUT2D eigenvalue weighted by Crippen LogP contribution is 2.29. The third-order valence-electron chi connectivity index (χ3n) is 5.72. The van der Waals surface area contributed by atoms with Crippen LogP contribution >= 0.6 is 23.4 Å². The largest absolute Gasteiger partial charge is 0.325 e. The first-order valence-electron chi connectivity index (χ1n) is 11.3. The van der Waals surface area contributed by atoms with Crippen molar-refractivity contribution in [1.29, 1.82) is 0 Å². The SMILES string of the molecule is CC[C@@H](C)c1ccc(NC(=O)CSc2nnc(-c3cccc(Cl)c3)n2-c2ccc(C)cc2)cc1. The summed E-state index contributed by atoms with van der Waals surface area (Å²) in [7, 11) is 0. The Kier molecular flexibility index (Phi) is 7.70. The molecular weight excluding hydrogens is 464 g/mol. The lowest BCUT2D eigenvalue weighted by atomic mass is 9.99. The van der Waals surface area contributed by atoms with Crippen LogP contribution in [0.3, 0.4) is 0 Å². The average Bonchev–Trinajstić information content (AvgIpc) is 3.27. The molecule has 4 rings (SSSR count). The van der Waals surface area contributed by atoms with Gasteiger partial charge in [-0.25, -0.2) is 0 Å². The highest BCUT2D eigenvalue weighted by molar-refractivity contribution is 7.99. The zero-order chi connectivity index (χ0) is 24.1. The molecule has 1 heterocycles. The summed E-state index contributed by atoms with van der Waals surface area (Å²) in [6.45, 7) is 6.42. The number of aryl methyl sites for hydroxylation is 1. The topological polar surface area (TPSA) is 59.8 Å². The molecule has 1 amide bonds. The Morgan fingerprint density at radius 2 is 1.79 bits per heavy atom. The number of halogens is 1. The predicted molar refractivity (Wildman–Crippen MR) is 141 cm³/mol. The molecule has 0 aliphatic rings. The zero-order valence-corrected chi connectivity index (χ0v) is 21.0. The minimum Gasteiger partial charge on any atom is -0.325 e. The smallest absolute Gasteiger partial charge is 0.234 e. The predicted octanol–water partition coefficient (Wildman–Crippen LogP) is 7.14. The molecule has 0 fully saturated rings. The Labute approximate surface area is 209 Å². The Morgan fingerprint density at radius 1 is 1.06 bits per heavy atom. The number of anilines is 1. The van der Waals surface area contributed by atoms with Gasteiger partial charge in [0.05, 0.1) is 5.75 Å². The van der Waals surface area contributed by atoms with Gasteiger partial charge in [-0.05, 0) is 61.2 Å². The number of rotatable bonds is 8. The number of amides is 1. The third kappa shape index (κ3) is 5.69. The highest BCUT2D eigenvalue weighted by Gasteiger charge is 2.18. The van der Waals surface area contributed by atoms with Crippen molar-refractivity contribution < 1.29 is 4.79 Å². The van der Waals surface area contributed by atoms with E-state index >= 15 is 0 Å². The molecule has 34 heavy (non-hydrogen) atoms. The van der Waals surface area contributed by atoms with E-state index in [4.69, 9.17) is 11.6 Å². The lowest BCUT2D eigenvalue weighted by Crippen LogP contribution is -2.14. The molecule has 0 radical (unpaired) electrons. The number of benzene rings is 3. The number of nitrogens with zero attached hydrogens (tertiary/aromatic N) is 3. The van der Waals surface area contributed by atoms with Crippen LogP contribution < -0.4 is 5.32 Å². The molecule has 1 N–H and O–H groups in total. The third-order valence-corrected chi connectivity index (χ3v) is 6.88. The maximum Gasteiger partial charge on any atom is 0.234 e. The molecule has 0 unspecified atom stereocenters. The average molecular weight is 491 g/mol. The van der Waals surface area contributed by atoms with Gasteiger partial charge < -0.3 is 5.32 Å². The fourth-order valence-electron chi connectivity index (χ4n) is 3.56. The van der Waals surface area contributed by atoms with Crippen molar-refractivity contribution in [2.75, 3.05) is 11.1 Å². The molecule has 0 spiro atoms. The van der Waals surface area contributed by atoms with Gasteiger partial charge in [-0.3, -0.25) is 9.36 Å². The molecule has 174 valence electrons. The number of nitrogens with one attached hydrogen (secondary N) is 1. The van der Waals surface area contributed by atoms with E-state index in [0.29, 0.717) is 21.9 Å². The highest BCUT2D eigenvalue weighted by atomic mass is 35.5. The summed E-state index contributed by atoms with van der Waals surface area (Å²) >= 11 is 7.57. The van der Waals surface area contributed by atoms with Crippen LogP contribution in [0.5, 0.6) is 0 Å². The van der Waals surface area contributed by atoms with Crippen LogP contribution in [0.4, 0.5) is 5.69 Å². The van der Waals surface area contributed by atoms with Crippen molar-refractivity contribution in [3.05, 3.63) is 88.9 Å². The van der Waals surface area contributed by atoms with Crippen LogP contribution in [-0.2, 0) is 4.79 Å². The van der Waals surface area contributed by atoms with E-state index in [1.54, 1.807) is 0 Å². The van der Waals surface area contributed by atoms with E-state index < -0.39 is 0 Å². The van der Waals surface area contributed by atoms with Gasteiger partial charge in [-0.15, -0.1) is 10.2 Å². The van der Waals surface area contributed by atoms with E-state index in [1.165, 1.54) is 17.3 Å². The van der Waals surface area contributed by atoms with Gasteiger partial charge in [0, 0.05) is 22.0 Å². The lowest BCUT2D eigenvalue weighted by Gasteiger charge is -2.12. The number of thioether (sulfide) groups is 1. The Hall–Kier alpha value is -3.09. The van der Waals surface area contributed by atoms with Crippen LogP contribution in [-0.4, -0.2) is 26.4 Å². The van der Waals surface area contributed by atoms with Gasteiger partial charge >= 0.3 is 0 Å². The Bertz CT molecular complexity index is 1270. The molecule has 5 nitrogen and oxygen atoms in total.